The standard InChI is InChI=1S/C20H37F/c1-14(2)13-20(21)16(4)17-9-11-19(12-10-17)18-7-5-15(3)6-8-18/h14-20H,5-13H2,1-4H3. The van der Waals surface area contributed by atoms with Gasteiger partial charge in [0, 0.05) is 0 Å². The first-order chi connectivity index (χ1) is 9.97. The first-order valence-electron chi connectivity index (χ1n) is 9.61. The summed E-state index contributed by atoms with van der Waals surface area (Å²) in [6.07, 6.45) is 11.3. The van der Waals surface area contributed by atoms with Gasteiger partial charge < -0.3 is 0 Å². The lowest BCUT2D eigenvalue weighted by Gasteiger charge is -2.39. The van der Waals surface area contributed by atoms with E-state index >= 15 is 0 Å². The van der Waals surface area contributed by atoms with Gasteiger partial charge in [0.05, 0.1) is 0 Å². The molecule has 0 radical (unpaired) electrons. The maximum Gasteiger partial charge on any atom is 0.103 e. The van der Waals surface area contributed by atoms with Crippen molar-refractivity contribution in [2.24, 2.45) is 35.5 Å². The van der Waals surface area contributed by atoms with E-state index in [1.54, 1.807) is 0 Å². The molecule has 0 saturated heterocycles. The first kappa shape index (κ1) is 17.3. The highest BCUT2D eigenvalue weighted by atomic mass is 19.1. The van der Waals surface area contributed by atoms with E-state index in [-0.39, 0.29) is 5.92 Å². The molecule has 0 nitrogen and oxygen atoms in total. The number of hydrogen-bond acceptors (Lipinski definition) is 0. The lowest BCUT2D eigenvalue weighted by molar-refractivity contribution is 0.0903. The fourth-order valence-corrected chi connectivity index (χ4v) is 4.86. The normalized spacial score (nSPS) is 37.4. The van der Waals surface area contributed by atoms with Crippen molar-refractivity contribution in [3.63, 3.8) is 0 Å². The molecule has 0 heterocycles. The maximum atomic E-state index is 14.3. The van der Waals surface area contributed by atoms with Crippen LogP contribution in [-0.2, 0) is 0 Å². The van der Waals surface area contributed by atoms with E-state index in [0.717, 1.165) is 24.2 Å². The van der Waals surface area contributed by atoms with Gasteiger partial charge in [-0.2, -0.15) is 0 Å². The summed E-state index contributed by atoms with van der Waals surface area (Å²) in [6, 6.07) is 0. The van der Waals surface area contributed by atoms with Crippen molar-refractivity contribution in [2.75, 3.05) is 0 Å². The van der Waals surface area contributed by atoms with Crippen LogP contribution in [0.25, 0.3) is 0 Å². The minimum Gasteiger partial charge on any atom is -0.247 e. The second-order valence-electron chi connectivity index (χ2n) is 8.70. The third kappa shape index (κ3) is 4.96. The molecule has 0 amide bonds. The Bertz CT molecular complexity index is 282. The summed E-state index contributed by atoms with van der Waals surface area (Å²) in [7, 11) is 0. The van der Waals surface area contributed by atoms with Gasteiger partial charge in [-0.05, 0) is 80.5 Å². The molecule has 124 valence electrons. The van der Waals surface area contributed by atoms with Gasteiger partial charge in [0.15, 0.2) is 0 Å². The Morgan fingerprint density at radius 3 is 1.76 bits per heavy atom. The molecule has 2 atom stereocenters. The van der Waals surface area contributed by atoms with Crippen LogP contribution in [0.3, 0.4) is 0 Å². The molecular formula is C20H37F. The van der Waals surface area contributed by atoms with E-state index in [9.17, 15) is 4.39 Å². The molecular weight excluding hydrogens is 259 g/mol. The molecule has 2 saturated carbocycles. The van der Waals surface area contributed by atoms with E-state index < -0.39 is 6.17 Å². The average molecular weight is 297 g/mol. The monoisotopic (exact) mass is 296 g/mol. The number of rotatable bonds is 5. The molecule has 2 rings (SSSR count). The van der Waals surface area contributed by atoms with Gasteiger partial charge in [0.25, 0.3) is 0 Å². The Hall–Kier alpha value is -0.0700. The summed E-state index contributed by atoms with van der Waals surface area (Å²) in [4.78, 5) is 0. The summed E-state index contributed by atoms with van der Waals surface area (Å²) < 4.78 is 14.3. The van der Waals surface area contributed by atoms with Crippen LogP contribution in [-0.4, -0.2) is 6.17 Å². The van der Waals surface area contributed by atoms with E-state index in [2.05, 4.69) is 27.7 Å². The predicted octanol–water partition coefficient (Wildman–Crippen LogP) is 6.64. The quantitative estimate of drug-likeness (QED) is 0.533. The van der Waals surface area contributed by atoms with Crippen molar-refractivity contribution in [1.82, 2.24) is 0 Å². The number of halogens is 1. The lowest BCUT2D eigenvalue weighted by Crippen LogP contribution is -2.30. The molecule has 0 bridgehead atoms. The Labute approximate surface area is 132 Å². The van der Waals surface area contributed by atoms with Gasteiger partial charge in [0.2, 0.25) is 0 Å². The fourth-order valence-electron chi connectivity index (χ4n) is 4.86. The van der Waals surface area contributed by atoms with Crippen LogP contribution >= 0.6 is 0 Å². The number of alkyl halides is 1. The van der Waals surface area contributed by atoms with E-state index in [0.29, 0.717) is 11.8 Å². The topological polar surface area (TPSA) is 0 Å². The SMILES string of the molecule is CC(C)CC(F)C(C)C1CCC(C2CCC(C)CC2)CC1. The van der Waals surface area contributed by atoms with Gasteiger partial charge in [-0.15, -0.1) is 0 Å². The van der Waals surface area contributed by atoms with Crippen LogP contribution in [0.4, 0.5) is 4.39 Å². The Morgan fingerprint density at radius 2 is 1.29 bits per heavy atom. The third-order valence-electron chi connectivity index (χ3n) is 6.55. The molecule has 0 N–H and O–H groups in total. The Kier molecular flexibility index (Phi) is 6.56. The maximum absolute atomic E-state index is 14.3. The van der Waals surface area contributed by atoms with Crippen molar-refractivity contribution in [3.8, 4) is 0 Å². The molecule has 0 spiro atoms. The van der Waals surface area contributed by atoms with Gasteiger partial charge in [-0.3, -0.25) is 0 Å². The molecule has 2 aliphatic carbocycles. The molecule has 2 unspecified atom stereocenters. The summed E-state index contributed by atoms with van der Waals surface area (Å²) >= 11 is 0. The molecule has 2 fully saturated rings. The van der Waals surface area contributed by atoms with Crippen LogP contribution in [0, 0.1) is 35.5 Å². The van der Waals surface area contributed by atoms with Crippen molar-refractivity contribution < 1.29 is 4.39 Å². The molecule has 0 aliphatic heterocycles. The molecule has 1 heteroatoms. The lowest BCUT2D eigenvalue weighted by atomic mass is 9.67. The van der Waals surface area contributed by atoms with Crippen molar-refractivity contribution >= 4 is 0 Å². The highest BCUT2D eigenvalue weighted by Crippen LogP contribution is 2.43. The van der Waals surface area contributed by atoms with Gasteiger partial charge in [0.1, 0.15) is 6.17 Å². The molecule has 0 aromatic rings. The van der Waals surface area contributed by atoms with Crippen LogP contribution in [0.5, 0.6) is 0 Å². The van der Waals surface area contributed by atoms with E-state index in [1.165, 1.54) is 51.4 Å². The Morgan fingerprint density at radius 1 is 0.810 bits per heavy atom. The van der Waals surface area contributed by atoms with Crippen molar-refractivity contribution in [1.29, 1.82) is 0 Å². The Balaban J connectivity index is 1.75. The minimum atomic E-state index is -0.581. The van der Waals surface area contributed by atoms with Gasteiger partial charge in [-0.1, -0.05) is 40.5 Å². The summed E-state index contributed by atoms with van der Waals surface area (Å²) in [5, 5.41) is 0. The van der Waals surface area contributed by atoms with Crippen molar-refractivity contribution in [3.05, 3.63) is 0 Å². The van der Waals surface area contributed by atoms with Crippen LogP contribution in [0.1, 0.15) is 85.5 Å². The average Bonchev–Trinajstić information content (AvgIpc) is 2.47. The molecule has 21 heavy (non-hydrogen) atoms. The zero-order valence-electron chi connectivity index (χ0n) is 14.8. The van der Waals surface area contributed by atoms with Crippen molar-refractivity contribution in [2.45, 2.75) is 91.7 Å². The van der Waals surface area contributed by atoms with E-state index in [4.69, 9.17) is 0 Å². The first-order valence-corrected chi connectivity index (χ1v) is 9.61. The van der Waals surface area contributed by atoms with Crippen LogP contribution in [0.2, 0.25) is 0 Å². The molecule has 2 aliphatic rings. The third-order valence-corrected chi connectivity index (χ3v) is 6.55. The highest BCUT2D eigenvalue weighted by Gasteiger charge is 2.33. The molecule has 0 aromatic heterocycles. The van der Waals surface area contributed by atoms with Crippen LogP contribution < -0.4 is 0 Å². The minimum absolute atomic E-state index is 0.278. The van der Waals surface area contributed by atoms with Crippen LogP contribution in [0.15, 0.2) is 0 Å². The zero-order valence-corrected chi connectivity index (χ0v) is 14.8. The largest absolute Gasteiger partial charge is 0.247 e. The van der Waals surface area contributed by atoms with Gasteiger partial charge >= 0.3 is 0 Å². The summed E-state index contributed by atoms with van der Waals surface area (Å²) in [5.74, 6) is 4.33. The highest BCUT2D eigenvalue weighted by molar-refractivity contribution is 4.84. The summed E-state index contributed by atoms with van der Waals surface area (Å²) in [5.41, 5.74) is 0. The second-order valence-corrected chi connectivity index (χ2v) is 8.70. The number of hydrogen-bond donors (Lipinski definition) is 0. The predicted molar refractivity (Wildman–Crippen MR) is 90.1 cm³/mol. The summed E-state index contributed by atoms with van der Waals surface area (Å²) in [6.45, 7) is 8.85. The van der Waals surface area contributed by atoms with E-state index in [1.807, 2.05) is 0 Å². The smallest absolute Gasteiger partial charge is 0.103 e. The molecule has 0 aromatic carbocycles. The zero-order chi connectivity index (χ0) is 15.4. The second kappa shape index (κ2) is 7.97. The fraction of sp³-hybridized carbons (Fsp3) is 1.00. The van der Waals surface area contributed by atoms with Gasteiger partial charge in [-0.25, -0.2) is 4.39 Å².